The average molecular weight is 233 g/mol. The van der Waals surface area contributed by atoms with Gasteiger partial charge in [0.05, 0.1) is 17.8 Å². The van der Waals surface area contributed by atoms with Gasteiger partial charge in [0.1, 0.15) is 6.07 Å². The Bertz CT molecular complexity index is 447. The predicted octanol–water partition coefficient (Wildman–Crippen LogP) is 1.96. The van der Waals surface area contributed by atoms with Gasteiger partial charge in [0, 0.05) is 12.6 Å². The molecular weight excluding hydrogens is 218 g/mol. The zero-order chi connectivity index (χ0) is 12.3. The Balaban J connectivity index is 1.89. The van der Waals surface area contributed by atoms with Crippen molar-refractivity contribution in [3.05, 3.63) is 18.0 Å². The Morgan fingerprint density at radius 1 is 1.65 bits per heavy atom. The number of hydrogen-bond donors (Lipinski definition) is 1. The lowest BCUT2D eigenvalue weighted by atomic mass is 10.0. The monoisotopic (exact) mass is 233 g/mol. The first kappa shape index (κ1) is 11.6. The van der Waals surface area contributed by atoms with E-state index in [0.717, 1.165) is 25.7 Å². The quantitative estimate of drug-likeness (QED) is 0.862. The number of hydrogen-bond acceptors (Lipinski definition) is 3. The third kappa shape index (κ3) is 2.84. The van der Waals surface area contributed by atoms with Crippen LogP contribution in [-0.2, 0) is 4.79 Å². The van der Waals surface area contributed by atoms with E-state index < -0.39 is 5.97 Å². The molecule has 1 heterocycles. The lowest BCUT2D eigenvalue weighted by Crippen LogP contribution is -2.06. The number of carboxylic acid groups (broad SMARTS) is 1. The van der Waals surface area contributed by atoms with Crippen LogP contribution in [0.1, 0.15) is 43.7 Å². The number of rotatable bonds is 4. The molecule has 1 aromatic heterocycles. The van der Waals surface area contributed by atoms with Crippen molar-refractivity contribution in [1.82, 2.24) is 9.78 Å². The van der Waals surface area contributed by atoms with E-state index in [1.165, 1.54) is 0 Å². The summed E-state index contributed by atoms with van der Waals surface area (Å²) in [6.07, 6.45) is 7.39. The molecule has 1 N–H and O–H groups in total. The normalized spacial score (nSPS) is 23.5. The highest BCUT2D eigenvalue weighted by Crippen LogP contribution is 2.36. The SMILES string of the molecule is N#Cc1cnn(C2CCC(CCC(=O)O)C2)c1. The van der Waals surface area contributed by atoms with Crippen LogP contribution in [0.3, 0.4) is 0 Å². The van der Waals surface area contributed by atoms with Gasteiger partial charge in [-0.25, -0.2) is 0 Å². The van der Waals surface area contributed by atoms with Crippen LogP contribution in [0.4, 0.5) is 0 Å². The number of carbonyl (C=O) groups is 1. The van der Waals surface area contributed by atoms with Crippen LogP contribution in [0.25, 0.3) is 0 Å². The van der Waals surface area contributed by atoms with Gasteiger partial charge in [-0.3, -0.25) is 9.48 Å². The van der Waals surface area contributed by atoms with Crippen molar-refractivity contribution >= 4 is 5.97 Å². The molecule has 2 atom stereocenters. The first-order valence-corrected chi connectivity index (χ1v) is 5.85. The molecule has 5 heteroatoms. The molecule has 90 valence electrons. The zero-order valence-electron chi connectivity index (χ0n) is 9.54. The van der Waals surface area contributed by atoms with Crippen LogP contribution >= 0.6 is 0 Å². The Morgan fingerprint density at radius 2 is 2.47 bits per heavy atom. The molecule has 0 bridgehead atoms. The first-order valence-electron chi connectivity index (χ1n) is 5.85. The molecule has 2 rings (SSSR count). The third-order valence-electron chi connectivity index (χ3n) is 3.38. The van der Waals surface area contributed by atoms with E-state index in [4.69, 9.17) is 10.4 Å². The predicted molar refractivity (Wildman–Crippen MR) is 60.2 cm³/mol. The minimum Gasteiger partial charge on any atom is -0.481 e. The molecule has 0 aromatic carbocycles. The maximum absolute atomic E-state index is 10.5. The van der Waals surface area contributed by atoms with E-state index in [1.807, 2.05) is 4.68 Å². The van der Waals surface area contributed by atoms with Gasteiger partial charge in [-0.15, -0.1) is 0 Å². The fourth-order valence-corrected chi connectivity index (χ4v) is 2.47. The second-order valence-corrected chi connectivity index (χ2v) is 4.59. The molecule has 1 aliphatic rings. The summed E-state index contributed by atoms with van der Waals surface area (Å²) >= 11 is 0. The van der Waals surface area contributed by atoms with Crippen molar-refractivity contribution in [2.24, 2.45) is 5.92 Å². The molecule has 0 spiro atoms. The molecule has 0 aliphatic heterocycles. The van der Waals surface area contributed by atoms with Crippen LogP contribution in [-0.4, -0.2) is 20.9 Å². The zero-order valence-corrected chi connectivity index (χ0v) is 9.54. The minimum atomic E-state index is -0.723. The third-order valence-corrected chi connectivity index (χ3v) is 3.38. The minimum absolute atomic E-state index is 0.250. The van der Waals surface area contributed by atoms with Crippen molar-refractivity contribution in [2.45, 2.75) is 38.1 Å². The standard InChI is InChI=1S/C12H15N3O2/c13-6-10-7-14-15(8-10)11-3-1-9(5-11)2-4-12(16)17/h7-9,11H,1-5H2,(H,16,17). The van der Waals surface area contributed by atoms with Gasteiger partial charge >= 0.3 is 5.97 Å². The van der Waals surface area contributed by atoms with Crippen molar-refractivity contribution in [3.8, 4) is 6.07 Å². The Labute approximate surface area is 99.7 Å². The van der Waals surface area contributed by atoms with E-state index in [-0.39, 0.29) is 6.42 Å². The molecule has 1 fully saturated rings. The summed E-state index contributed by atoms with van der Waals surface area (Å²) in [7, 11) is 0. The smallest absolute Gasteiger partial charge is 0.303 e. The van der Waals surface area contributed by atoms with E-state index in [9.17, 15) is 4.79 Å². The summed E-state index contributed by atoms with van der Waals surface area (Å²) < 4.78 is 1.85. The fourth-order valence-electron chi connectivity index (χ4n) is 2.47. The number of aliphatic carboxylic acids is 1. The maximum Gasteiger partial charge on any atom is 0.303 e. The van der Waals surface area contributed by atoms with Gasteiger partial charge in [-0.05, 0) is 31.6 Å². The van der Waals surface area contributed by atoms with Gasteiger partial charge in [0.25, 0.3) is 0 Å². The fraction of sp³-hybridized carbons (Fsp3) is 0.583. The summed E-state index contributed by atoms with van der Waals surface area (Å²) in [5.74, 6) is -0.245. The van der Waals surface area contributed by atoms with Gasteiger partial charge in [-0.1, -0.05) is 0 Å². The topological polar surface area (TPSA) is 78.9 Å². The molecule has 0 amide bonds. The second-order valence-electron chi connectivity index (χ2n) is 4.59. The average Bonchev–Trinajstić information content (AvgIpc) is 2.94. The van der Waals surface area contributed by atoms with Crippen molar-refractivity contribution in [1.29, 1.82) is 5.26 Å². The van der Waals surface area contributed by atoms with Gasteiger partial charge in [0.2, 0.25) is 0 Å². The van der Waals surface area contributed by atoms with Crippen molar-refractivity contribution < 1.29 is 9.90 Å². The summed E-state index contributed by atoms with van der Waals surface area (Å²) in [4.78, 5) is 10.5. The van der Waals surface area contributed by atoms with Crippen LogP contribution in [0, 0.1) is 17.2 Å². The Hall–Kier alpha value is -1.83. The first-order chi connectivity index (χ1) is 8.19. The summed E-state index contributed by atoms with van der Waals surface area (Å²) in [5, 5.41) is 21.5. The lowest BCUT2D eigenvalue weighted by Gasteiger charge is -2.10. The highest BCUT2D eigenvalue weighted by Gasteiger charge is 2.26. The van der Waals surface area contributed by atoms with Crippen molar-refractivity contribution in [2.75, 3.05) is 0 Å². The molecule has 17 heavy (non-hydrogen) atoms. The van der Waals surface area contributed by atoms with Gasteiger partial charge in [-0.2, -0.15) is 10.4 Å². The van der Waals surface area contributed by atoms with Crippen LogP contribution < -0.4 is 0 Å². The van der Waals surface area contributed by atoms with E-state index in [0.29, 0.717) is 17.5 Å². The van der Waals surface area contributed by atoms with Crippen LogP contribution in [0.2, 0.25) is 0 Å². The summed E-state index contributed by atoms with van der Waals surface area (Å²) in [6.45, 7) is 0. The number of aromatic nitrogens is 2. The van der Waals surface area contributed by atoms with E-state index in [2.05, 4.69) is 11.2 Å². The van der Waals surface area contributed by atoms with Crippen LogP contribution in [0.5, 0.6) is 0 Å². The van der Waals surface area contributed by atoms with Gasteiger partial charge in [0.15, 0.2) is 0 Å². The van der Waals surface area contributed by atoms with E-state index >= 15 is 0 Å². The molecule has 0 radical (unpaired) electrons. The molecule has 1 aliphatic carbocycles. The summed E-state index contributed by atoms with van der Waals surface area (Å²) in [5.41, 5.74) is 0.582. The molecule has 1 saturated carbocycles. The van der Waals surface area contributed by atoms with Crippen molar-refractivity contribution in [3.63, 3.8) is 0 Å². The number of nitrogens with zero attached hydrogens (tertiary/aromatic N) is 3. The molecule has 2 unspecified atom stereocenters. The highest BCUT2D eigenvalue weighted by molar-refractivity contribution is 5.66. The highest BCUT2D eigenvalue weighted by atomic mass is 16.4. The van der Waals surface area contributed by atoms with Crippen LogP contribution in [0.15, 0.2) is 12.4 Å². The molecule has 1 aromatic rings. The largest absolute Gasteiger partial charge is 0.481 e. The Kier molecular flexibility index (Phi) is 3.43. The summed E-state index contributed by atoms with van der Waals surface area (Å²) in [6, 6.07) is 2.39. The van der Waals surface area contributed by atoms with Gasteiger partial charge < -0.3 is 5.11 Å². The molecular formula is C12H15N3O2. The van der Waals surface area contributed by atoms with E-state index in [1.54, 1.807) is 12.4 Å². The Morgan fingerprint density at radius 3 is 3.12 bits per heavy atom. The molecule has 5 nitrogen and oxygen atoms in total. The molecule has 0 saturated heterocycles. The lowest BCUT2D eigenvalue weighted by molar-refractivity contribution is -0.137. The second kappa shape index (κ2) is 5.00. The number of carboxylic acids is 1. The maximum atomic E-state index is 10.5. The number of nitriles is 1.